The number of amides is 1. The lowest BCUT2D eigenvalue weighted by Gasteiger charge is -2.40. The minimum Gasteiger partial charge on any atom is -0.442 e. The van der Waals surface area contributed by atoms with E-state index in [2.05, 4.69) is 9.97 Å². The second-order valence-electron chi connectivity index (χ2n) is 7.31. The van der Waals surface area contributed by atoms with Crippen molar-refractivity contribution in [2.45, 2.75) is 39.7 Å². The molecule has 25 heavy (non-hydrogen) atoms. The average molecular weight is 341 g/mol. The number of primary amides is 1. The maximum atomic E-state index is 11.8. The smallest absolute Gasteiger partial charge is 0.405 e. The predicted molar refractivity (Wildman–Crippen MR) is 95.0 cm³/mol. The molecule has 2 heterocycles. The van der Waals surface area contributed by atoms with E-state index >= 15 is 0 Å². The molecule has 0 spiro atoms. The molecule has 3 rings (SSSR count). The topological polar surface area (TPSA) is 94.1 Å². The molecule has 1 atom stereocenters. The van der Waals surface area contributed by atoms with E-state index in [1.807, 2.05) is 51.2 Å². The summed E-state index contributed by atoms with van der Waals surface area (Å²) in [4.78, 5) is 19.4. The summed E-state index contributed by atoms with van der Waals surface area (Å²) in [5, 5.41) is 1.06. The molecule has 1 aromatic carbocycles. The zero-order valence-electron chi connectivity index (χ0n) is 14.9. The number of aryl methyl sites for hydroxylation is 1. The molecule has 0 saturated carbocycles. The summed E-state index contributed by atoms with van der Waals surface area (Å²) in [6, 6.07) is 7.97. The first kappa shape index (κ1) is 17.1. The highest BCUT2D eigenvalue weighted by Crippen LogP contribution is 2.45. The molecule has 6 nitrogen and oxygen atoms in total. The number of nitrogens with two attached hydrogens (primary N) is 1. The van der Waals surface area contributed by atoms with Crippen molar-refractivity contribution >= 4 is 17.0 Å². The maximum absolute atomic E-state index is 11.8. The third kappa shape index (κ3) is 2.99. The van der Waals surface area contributed by atoms with Crippen molar-refractivity contribution in [3.05, 3.63) is 53.9 Å². The molecule has 3 N–H and O–H groups in total. The lowest BCUT2D eigenvalue weighted by molar-refractivity contribution is -0.0893. The van der Waals surface area contributed by atoms with Crippen LogP contribution >= 0.6 is 0 Å². The Labute approximate surface area is 146 Å². The highest BCUT2D eigenvalue weighted by atomic mass is 16.6. The highest BCUT2D eigenvalue weighted by Gasteiger charge is 2.51. The Morgan fingerprint density at radius 1 is 1.32 bits per heavy atom. The van der Waals surface area contributed by atoms with Crippen LogP contribution in [-0.2, 0) is 16.8 Å². The predicted octanol–water partition coefficient (Wildman–Crippen LogP) is 4.04. The summed E-state index contributed by atoms with van der Waals surface area (Å²) < 4.78 is 11.5. The van der Waals surface area contributed by atoms with Gasteiger partial charge in [-0.05, 0) is 18.6 Å². The van der Waals surface area contributed by atoms with Crippen molar-refractivity contribution in [1.82, 2.24) is 9.97 Å². The summed E-state index contributed by atoms with van der Waals surface area (Å²) >= 11 is 0. The third-order valence-corrected chi connectivity index (χ3v) is 4.57. The molecule has 0 aliphatic rings. The summed E-state index contributed by atoms with van der Waals surface area (Å²) in [6.07, 6.45) is 3.08. The van der Waals surface area contributed by atoms with Crippen molar-refractivity contribution in [3.63, 3.8) is 0 Å². The number of oxazole rings is 1. The standard InChI is InChI=1S/C19H23N3O3/c1-12-10-22-16(24-12)19(18(2,3)4,25-17(20)23)9-13-11-21-15-8-6-5-7-14(13)15/h5-8,10-11,21H,9H2,1-4H3,(H2,20,23). The number of ether oxygens (including phenoxy) is 1. The lowest BCUT2D eigenvalue weighted by atomic mass is 9.72. The second-order valence-corrected chi connectivity index (χ2v) is 7.31. The first-order valence-corrected chi connectivity index (χ1v) is 8.19. The summed E-state index contributed by atoms with van der Waals surface area (Å²) in [5.74, 6) is 0.997. The molecule has 0 bridgehead atoms. The van der Waals surface area contributed by atoms with Gasteiger partial charge in [0.2, 0.25) is 5.89 Å². The molecule has 0 radical (unpaired) electrons. The van der Waals surface area contributed by atoms with Crippen molar-refractivity contribution in [3.8, 4) is 0 Å². The van der Waals surface area contributed by atoms with Crippen LogP contribution in [0.15, 0.2) is 41.1 Å². The lowest BCUT2D eigenvalue weighted by Crippen LogP contribution is -2.47. The minimum absolute atomic E-state index is 0.349. The fourth-order valence-electron chi connectivity index (χ4n) is 3.15. The van der Waals surface area contributed by atoms with E-state index in [0.29, 0.717) is 18.1 Å². The van der Waals surface area contributed by atoms with Crippen LogP contribution < -0.4 is 5.73 Å². The van der Waals surface area contributed by atoms with Crippen LogP contribution in [0.3, 0.4) is 0 Å². The van der Waals surface area contributed by atoms with Gasteiger partial charge in [0.1, 0.15) is 5.76 Å². The number of para-hydroxylation sites is 1. The van der Waals surface area contributed by atoms with Crippen LogP contribution in [0, 0.1) is 12.3 Å². The number of aromatic nitrogens is 2. The Kier molecular flexibility index (Phi) is 4.06. The Bertz CT molecular complexity index is 904. The Morgan fingerprint density at radius 2 is 2.04 bits per heavy atom. The summed E-state index contributed by atoms with van der Waals surface area (Å²) in [6.45, 7) is 7.73. The number of fused-ring (bicyclic) bond motifs is 1. The summed E-state index contributed by atoms with van der Waals surface area (Å²) in [5.41, 5.74) is 5.81. The fraction of sp³-hybridized carbons (Fsp3) is 0.368. The van der Waals surface area contributed by atoms with Gasteiger partial charge in [0.15, 0.2) is 5.60 Å². The van der Waals surface area contributed by atoms with Gasteiger partial charge in [-0.15, -0.1) is 0 Å². The van der Waals surface area contributed by atoms with Crippen molar-refractivity contribution in [2.75, 3.05) is 0 Å². The van der Waals surface area contributed by atoms with Gasteiger partial charge in [0.05, 0.1) is 6.20 Å². The number of aromatic amines is 1. The number of rotatable bonds is 4. The van der Waals surface area contributed by atoms with Crippen LogP contribution in [0.5, 0.6) is 0 Å². The molecule has 1 unspecified atom stereocenters. The Hall–Kier alpha value is -2.76. The first-order valence-electron chi connectivity index (χ1n) is 8.19. The van der Waals surface area contributed by atoms with Crippen molar-refractivity contribution < 1.29 is 13.9 Å². The summed E-state index contributed by atoms with van der Waals surface area (Å²) in [7, 11) is 0. The Morgan fingerprint density at radius 3 is 2.64 bits per heavy atom. The molecule has 0 fully saturated rings. The van der Waals surface area contributed by atoms with E-state index in [1.165, 1.54) is 0 Å². The van der Waals surface area contributed by atoms with Crippen LogP contribution in [0.1, 0.15) is 38.0 Å². The van der Waals surface area contributed by atoms with E-state index < -0.39 is 17.1 Å². The van der Waals surface area contributed by atoms with Gasteiger partial charge in [0, 0.05) is 28.9 Å². The van der Waals surface area contributed by atoms with E-state index in [0.717, 1.165) is 16.5 Å². The molecule has 0 aliphatic carbocycles. The largest absolute Gasteiger partial charge is 0.442 e. The van der Waals surface area contributed by atoms with Crippen LogP contribution in [0.4, 0.5) is 4.79 Å². The molecule has 1 amide bonds. The number of carbonyl (C=O) groups excluding carboxylic acids is 1. The molecule has 3 aromatic rings. The van der Waals surface area contributed by atoms with Gasteiger partial charge in [-0.2, -0.15) is 0 Å². The highest BCUT2D eigenvalue weighted by molar-refractivity contribution is 5.83. The molecular formula is C19H23N3O3. The first-order chi connectivity index (χ1) is 11.7. The molecule has 6 heteroatoms. The van der Waals surface area contributed by atoms with Gasteiger partial charge in [-0.25, -0.2) is 9.78 Å². The van der Waals surface area contributed by atoms with Crippen molar-refractivity contribution in [2.24, 2.45) is 11.1 Å². The van der Waals surface area contributed by atoms with E-state index in [1.54, 1.807) is 13.1 Å². The van der Waals surface area contributed by atoms with E-state index in [4.69, 9.17) is 14.9 Å². The number of benzene rings is 1. The number of hydrogen-bond donors (Lipinski definition) is 2. The molecular weight excluding hydrogens is 318 g/mol. The van der Waals surface area contributed by atoms with Crippen LogP contribution in [0.2, 0.25) is 0 Å². The fourth-order valence-corrected chi connectivity index (χ4v) is 3.15. The SMILES string of the molecule is Cc1cnc(C(Cc2c[nH]c3ccccc23)(OC(N)=O)C(C)(C)C)o1. The van der Waals surface area contributed by atoms with Gasteiger partial charge >= 0.3 is 6.09 Å². The minimum atomic E-state index is -1.13. The van der Waals surface area contributed by atoms with Crippen LogP contribution in [0.25, 0.3) is 10.9 Å². The van der Waals surface area contributed by atoms with Gasteiger partial charge in [-0.1, -0.05) is 39.0 Å². The van der Waals surface area contributed by atoms with Crippen molar-refractivity contribution in [1.29, 1.82) is 0 Å². The molecule has 0 saturated heterocycles. The van der Waals surface area contributed by atoms with Gasteiger partial charge < -0.3 is 19.9 Å². The zero-order chi connectivity index (χ0) is 18.2. The van der Waals surface area contributed by atoms with E-state index in [9.17, 15) is 4.79 Å². The number of H-pyrrole nitrogens is 1. The molecule has 0 aliphatic heterocycles. The van der Waals surface area contributed by atoms with Gasteiger partial charge in [0.25, 0.3) is 0 Å². The Balaban J connectivity index is 2.17. The number of carbonyl (C=O) groups is 1. The van der Waals surface area contributed by atoms with Gasteiger partial charge in [-0.3, -0.25) is 0 Å². The third-order valence-electron chi connectivity index (χ3n) is 4.57. The molecule has 132 valence electrons. The quantitative estimate of drug-likeness (QED) is 0.748. The van der Waals surface area contributed by atoms with Crippen LogP contribution in [-0.4, -0.2) is 16.1 Å². The second kappa shape index (κ2) is 5.95. The van der Waals surface area contributed by atoms with E-state index in [-0.39, 0.29) is 0 Å². The maximum Gasteiger partial charge on any atom is 0.405 e. The normalized spacial score (nSPS) is 14.4. The monoisotopic (exact) mass is 341 g/mol. The number of hydrogen-bond acceptors (Lipinski definition) is 4. The average Bonchev–Trinajstić information content (AvgIpc) is 3.12. The zero-order valence-corrected chi connectivity index (χ0v) is 14.9. The number of nitrogens with one attached hydrogen (secondary N) is 1. The molecule has 2 aromatic heterocycles. The number of nitrogens with zero attached hydrogens (tertiary/aromatic N) is 1.